The molecule has 2 fully saturated rings. The van der Waals surface area contributed by atoms with Crippen LogP contribution in [0, 0.1) is 12.0 Å². The first-order chi connectivity index (χ1) is 13.7. The number of nitrogens with one attached hydrogen (secondary N) is 1. The van der Waals surface area contributed by atoms with Crippen molar-refractivity contribution in [2.75, 3.05) is 43.1 Å². The molecule has 8 nitrogen and oxygen atoms in total. The van der Waals surface area contributed by atoms with Crippen molar-refractivity contribution < 1.29 is 14.3 Å². The van der Waals surface area contributed by atoms with Crippen molar-refractivity contribution in [2.24, 2.45) is 11.7 Å². The van der Waals surface area contributed by atoms with Crippen LogP contribution in [0.1, 0.15) is 25.7 Å². The summed E-state index contributed by atoms with van der Waals surface area (Å²) in [5.41, 5.74) is 8.28. The number of hydrogen-bond acceptors (Lipinski definition) is 6. The van der Waals surface area contributed by atoms with Gasteiger partial charge in [0, 0.05) is 44.4 Å². The highest BCUT2D eigenvalue weighted by Gasteiger charge is 2.39. The highest BCUT2D eigenvalue weighted by Crippen LogP contribution is 2.45. The van der Waals surface area contributed by atoms with Crippen LogP contribution in [0.3, 0.4) is 0 Å². The Morgan fingerprint density at radius 2 is 2.11 bits per heavy atom. The van der Waals surface area contributed by atoms with Crippen LogP contribution in [0.2, 0.25) is 0 Å². The van der Waals surface area contributed by atoms with Gasteiger partial charge in [-0.3, -0.25) is 4.79 Å². The highest BCUT2D eigenvalue weighted by atomic mass is 16.5. The Morgan fingerprint density at radius 1 is 1.21 bits per heavy atom. The quantitative estimate of drug-likeness (QED) is 0.817. The zero-order valence-electron chi connectivity index (χ0n) is 15.9. The van der Waals surface area contributed by atoms with E-state index >= 15 is 0 Å². The maximum absolute atomic E-state index is 11.1. The first-order valence-corrected chi connectivity index (χ1v) is 10.1. The Labute approximate surface area is 164 Å². The summed E-state index contributed by atoms with van der Waals surface area (Å²) in [4.78, 5) is 18.4. The maximum Gasteiger partial charge on any atom is 0.217 e. The number of benzene rings is 1. The summed E-state index contributed by atoms with van der Waals surface area (Å²) in [6, 6.07) is 5.28. The first-order valence-electron chi connectivity index (χ1n) is 10.1. The van der Waals surface area contributed by atoms with E-state index < -0.39 is 0 Å². The van der Waals surface area contributed by atoms with E-state index in [1.807, 2.05) is 6.07 Å². The smallest absolute Gasteiger partial charge is 0.217 e. The fraction of sp³-hybridized carbons (Fsp3) is 0.550. The second-order valence-electron chi connectivity index (χ2n) is 7.78. The molecule has 1 aromatic carbocycles. The fourth-order valence-corrected chi connectivity index (χ4v) is 4.19. The molecule has 1 amide bonds. The molecule has 3 N–H and O–H groups in total. The van der Waals surface area contributed by atoms with Crippen LogP contribution in [0.25, 0.3) is 11.0 Å². The lowest BCUT2D eigenvalue weighted by atomic mass is 10.2. The molecule has 1 saturated heterocycles. The molecule has 0 unspecified atom stereocenters. The van der Waals surface area contributed by atoms with Crippen molar-refractivity contribution in [3.63, 3.8) is 0 Å². The van der Waals surface area contributed by atoms with Crippen LogP contribution < -0.4 is 20.7 Å². The van der Waals surface area contributed by atoms with E-state index in [-0.39, 0.29) is 11.8 Å². The monoisotopic (exact) mass is 384 g/mol. The summed E-state index contributed by atoms with van der Waals surface area (Å²) < 4.78 is 14.0. The molecule has 8 heteroatoms. The lowest BCUT2D eigenvalue weighted by Gasteiger charge is -2.21. The van der Waals surface area contributed by atoms with E-state index in [4.69, 9.17) is 20.2 Å². The molecule has 3 heterocycles. The number of ether oxygens (including phenoxy) is 2. The zero-order chi connectivity index (χ0) is 19.1. The van der Waals surface area contributed by atoms with Gasteiger partial charge in [-0.15, -0.1) is 0 Å². The van der Waals surface area contributed by atoms with Crippen LogP contribution in [0.4, 0.5) is 11.6 Å². The van der Waals surface area contributed by atoms with Gasteiger partial charge in [-0.2, -0.15) is 0 Å². The average Bonchev–Trinajstić information content (AvgIpc) is 3.38. The molecule has 1 aromatic heterocycles. The van der Waals surface area contributed by atoms with Crippen molar-refractivity contribution in [3.05, 3.63) is 18.2 Å². The Balaban J connectivity index is 1.46. The van der Waals surface area contributed by atoms with Gasteiger partial charge in [-0.25, -0.2) is 4.98 Å². The number of primary amides is 1. The summed E-state index contributed by atoms with van der Waals surface area (Å²) in [6.07, 6.45) is 3.27. The van der Waals surface area contributed by atoms with Gasteiger partial charge in [-0.05, 0) is 31.2 Å². The third-order valence-electron chi connectivity index (χ3n) is 5.63. The SMILES string of the molecule is NC(=O)C[C@@H]1C[C]1Nc1cc2c3c(c1)nc(N1CCCOCC1)n3CCCO2. The van der Waals surface area contributed by atoms with Gasteiger partial charge in [0.2, 0.25) is 11.9 Å². The molecule has 28 heavy (non-hydrogen) atoms. The second kappa shape index (κ2) is 7.16. The molecule has 3 aliphatic rings. The van der Waals surface area contributed by atoms with Crippen molar-refractivity contribution in [1.82, 2.24) is 9.55 Å². The van der Waals surface area contributed by atoms with Gasteiger partial charge in [0.25, 0.3) is 0 Å². The number of carbonyl (C=O) groups is 1. The van der Waals surface area contributed by atoms with Crippen LogP contribution in [-0.4, -0.2) is 48.4 Å². The summed E-state index contributed by atoms with van der Waals surface area (Å²) in [7, 11) is 0. The molecule has 2 aromatic rings. The molecule has 1 aliphatic carbocycles. The lowest BCUT2D eigenvalue weighted by molar-refractivity contribution is -0.118. The fourth-order valence-electron chi connectivity index (χ4n) is 4.19. The minimum atomic E-state index is -0.253. The van der Waals surface area contributed by atoms with Gasteiger partial charge < -0.3 is 30.0 Å². The first kappa shape index (κ1) is 17.6. The van der Waals surface area contributed by atoms with E-state index in [9.17, 15) is 4.79 Å². The molecule has 0 bridgehead atoms. The van der Waals surface area contributed by atoms with Crippen molar-refractivity contribution in [3.8, 4) is 5.75 Å². The number of imidazole rings is 1. The second-order valence-corrected chi connectivity index (χ2v) is 7.78. The van der Waals surface area contributed by atoms with E-state index in [1.54, 1.807) is 0 Å². The minimum absolute atomic E-state index is 0.249. The predicted octanol–water partition coefficient (Wildman–Crippen LogP) is 1.88. The number of aromatic nitrogens is 2. The molecule has 5 rings (SSSR count). The molecule has 1 atom stereocenters. The van der Waals surface area contributed by atoms with Crippen molar-refractivity contribution in [1.29, 1.82) is 0 Å². The van der Waals surface area contributed by atoms with E-state index in [1.165, 1.54) is 0 Å². The van der Waals surface area contributed by atoms with Crippen LogP contribution in [-0.2, 0) is 16.1 Å². The lowest BCUT2D eigenvalue weighted by Crippen LogP contribution is -2.29. The summed E-state index contributed by atoms with van der Waals surface area (Å²) in [5, 5.41) is 3.45. The number of amides is 1. The van der Waals surface area contributed by atoms with Crippen molar-refractivity contribution >= 4 is 28.6 Å². The third-order valence-corrected chi connectivity index (χ3v) is 5.63. The maximum atomic E-state index is 11.1. The summed E-state index contributed by atoms with van der Waals surface area (Å²) in [6.45, 7) is 4.96. The summed E-state index contributed by atoms with van der Waals surface area (Å²) >= 11 is 0. The summed E-state index contributed by atoms with van der Waals surface area (Å²) in [5.74, 6) is 1.88. The number of hydrogen-bond donors (Lipinski definition) is 2. The number of carbonyl (C=O) groups excluding carboxylic acids is 1. The molecule has 1 saturated carbocycles. The topological polar surface area (TPSA) is 94.6 Å². The van der Waals surface area contributed by atoms with E-state index in [0.717, 1.165) is 86.6 Å². The van der Waals surface area contributed by atoms with Gasteiger partial charge >= 0.3 is 0 Å². The Bertz CT molecular complexity index is 888. The third kappa shape index (κ3) is 3.37. The van der Waals surface area contributed by atoms with Gasteiger partial charge in [0.05, 0.1) is 24.8 Å². The largest absolute Gasteiger partial charge is 0.491 e. The standard InChI is InChI=1S/C20H26N5O3/c21-18(26)10-13-9-15(13)22-14-11-16-19-17(12-14)28-7-2-4-25(19)20(23-16)24-3-1-6-27-8-5-24/h11-13,22H,1-10H2,(H2,21,26)/t13-/m0/s1. The Hall–Kier alpha value is -2.48. The number of nitrogens with zero attached hydrogens (tertiary/aromatic N) is 3. The van der Waals surface area contributed by atoms with E-state index in [0.29, 0.717) is 13.0 Å². The van der Waals surface area contributed by atoms with Gasteiger partial charge in [-0.1, -0.05) is 0 Å². The van der Waals surface area contributed by atoms with Crippen molar-refractivity contribution in [2.45, 2.75) is 32.2 Å². The number of nitrogens with two attached hydrogens (primary N) is 1. The zero-order valence-corrected chi connectivity index (χ0v) is 15.9. The van der Waals surface area contributed by atoms with E-state index in [2.05, 4.69) is 20.9 Å². The van der Waals surface area contributed by atoms with Crippen LogP contribution >= 0.6 is 0 Å². The molecule has 149 valence electrons. The molecule has 0 spiro atoms. The Kier molecular flexibility index (Phi) is 4.50. The number of rotatable bonds is 5. The number of anilines is 2. The Morgan fingerprint density at radius 3 is 3.00 bits per heavy atom. The normalized spacial score (nSPS) is 22.4. The van der Waals surface area contributed by atoms with Crippen LogP contribution in [0.15, 0.2) is 12.1 Å². The van der Waals surface area contributed by atoms with Gasteiger partial charge in [0.1, 0.15) is 11.3 Å². The molecular formula is C20H26N5O3. The van der Waals surface area contributed by atoms with Gasteiger partial charge in [0.15, 0.2) is 0 Å². The minimum Gasteiger partial charge on any atom is -0.491 e. The molecule has 1 radical (unpaired) electrons. The van der Waals surface area contributed by atoms with Crippen LogP contribution in [0.5, 0.6) is 5.75 Å². The number of aryl methyl sites for hydroxylation is 1. The average molecular weight is 384 g/mol. The molecule has 2 aliphatic heterocycles. The predicted molar refractivity (Wildman–Crippen MR) is 106 cm³/mol. The highest BCUT2D eigenvalue weighted by molar-refractivity contribution is 5.89. The molecular weight excluding hydrogens is 358 g/mol.